The zero-order valence-corrected chi connectivity index (χ0v) is 11.7. The molecule has 1 aliphatic rings. The molecule has 17 heavy (non-hydrogen) atoms. The van der Waals surface area contributed by atoms with Gasteiger partial charge < -0.3 is 10.2 Å². The van der Waals surface area contributed by atoms with Crippen molar-refractivity contribution in [2.45, 2.75) is 58.4 Å². The molecule has 0 aromatic rings. The zero-order chi connectivity index (χ0) is 12.9. The Morgan fingerprint density at radius 1 is 1.00 bits per heavy atom. The second-order valence-corrected chi connectivity index (χ2v) is 5.75. The van der Waals surface area contributed by atoms with Crippen LogP contribution in [-0.2, 0) is 0 Å². The molecule has 0 amide bonds. The third-order valence-electron chi connectivity index (χ3n) is 4.53. The zero-order valence-electron chi connectivity index (χ0n) is 11.7. The van der Waals surface area contributed by atoms with Crippen LogP contribution in [0.25, 0.3) is 0 Å². The van der Waals surface area contributed by atoms with Crippen molar-refractivity contribution in [3.63, 3.8) is 0 Å². The predicted molar refractivity (Wildman–Crippen MR) is 71.0 cm³/mol. The van der Waals surface area contributed by atoms with Gasteiger partial charge in [-0.15, -0.1) is 0 Å². The van der Waals surface area contributed by atoms with Crippen molar-refractivity contribution < 1.29 is 10.2 Å². The van der Waals surface area contributed by atoms with Crippen LogP contribution < -0.4 is 0 Å². The van der Waals surface area contributed by atoms with Gasteiger partial charge in [0, 0.05) is 13.1 Å². The highest BCUT2D eigenvalue weighted by Gasteiger charge is 2.49. The van der Waals surface area contributed by atoms with Crippen LogP contribution >= 0.6 is 0 Å². The average Bonchev–Trinajstić information content (AvgIpc) is 2.30. The van der Waals surface area contributed by atoms with Crippen molar-refractivity contribution in [2.24, 2.45) is 5.41 Å². The lowest BCUT2D eigenvalue weighted by molar-refractivity contribution is -0.124. The minimum Gasteiger partial charge on any atom is -0.394 e. The van der Waals surface area contributed by atoms with E-state index in [0.717, 1.165) is 19.5 Å². The smallest absolute Gasteiger partial charge is 0.0670 e. The lowest BCUT2D eigenvalue weighted by Crippen LogP contribution is -2.67. The third-order valence-corrected chi connectivity index (χ3v) is 4.53. The minimum absolute atomic E-state index is 0.0638. The van der Waals surface area contributed by atoms with Crippen molar-refractivity contribution >= 4 is 0 Å². The van der Waals surface area contributed by atoms with Crippen molar-refractivity contribution in [2.75, 3.05) is 26.3 Å². The standard InChI is InChI=1S/C14H29NO2/c1-4-7-13(8-5-2)9-15(10-13)14(6-3,11-16)12-17/h16-17H,4-12H2,1-3H3. The molecule has 3 nitrogen and oxygen atoms in total. The number of aliphatic hydroxyl groups is 2. The summed E-state index contributed by atoms with van der Waals surface area (Å²) in [6, 6.07) is 0. The summed E-state index contributed by atoms with van der Waals surface area (Å²) in [5.74, 6) is 0. The van der Waals surface area contributed by atoms with E-state index in [1.807, 2.05) is 6.92 Å². The summed E-state index contributed by atoms with van der Waals surface area (Å²) in [4.78, 5) is 2.29. The minimum atomic E-state index is -0.384. The van der Waals surface area contributed by atoms with Gasteiger partial charge in [0.25, 0.3) is 0 Å². The summed E-state index contributed by atoms with van der Waals surface area (Å²) in [5, 5.41) is 19.1. The van der Waals surface area contributed by atoms with E-state index in [9.17, 15) is 10.2 Å². The lowest BCUT2D eigenvalue weighted by atomic mass is 9.70. The molecule has 3 heteroatoms. The maximum Gasteiger partial charge on any atom is 0.0670 e. The maximum absolute atomic E-state index is 9.54. The van der Waals surface area contributed by atoms with Crippen molar-refractivity contribution in [1.82, 2.24) is 4.90 Å². The normalized spacial score (nSPS) is 20.3. The highest BCUT2D eigenvalue weighted by molar-refractivity contribution is 5.03. The van der Waals surface area contributed by atoms with E-state index in [-0.39, 0.29) is 18.8 Å². The summed E-state index contributed by atoms with van der Waals surface area (Å²) >= 11 is 0. The van der Waals surface area contributed by atoms with Gasteiger partial charge in [0.15, 0.2) is 0 Å². The number of likely N-dealkylation sites (tertiary alicyclic amines) is 1. The van der Waals surface area contributed by atoms with Crippen LogP contribution in [0.5, 0.6) is 0 Å². The fraction of sp³-hybridized carbons (Fsp3) is 1.00. The van der Waals surface area contributed by atoms with Crippen LogP contribution in [0.1, 0.15) is 52.9 Å². The van der Waals surface area contributed by atoms with E-state index in [1.165, 1.54) is 25.7 Å². The number of rotatable bonds is 8. The van der Waals surface area contributed by atoms with Gasteiger partial charge in [-0.1, -0.05) is 33.6 Å². The van der Waals surface area contributed by atoms with Gasteiger partial charge in [-0.05, 0) is 24.7 Å². The number of nitrogens with zero attached hydrogens (tertiary/aromatic N) is 1. The Morgan fingerprint density at radius 2 is 1.47 bits per heavy atom. The van der Waals surface area contributed by atoms with E-state index in [4.69, 9.17) is 0 Å². The largest absolute Gasteiger partial charge is 0.394 e. The summed E-state index contributed by atoms with van der Waals surface area (Å²) < 4.78 is 0. The third kappa shape index (κ3) is 2.83. The molecule has 0 bridgehead atoms. The summed E-state index contributed by atoms with van der Waals surface area (Å²) in [6.45, 7) is 8.75. The second kappa shape index (κ2) is 6.17. The fourth-order valence-corrected chi connectivity index (χ4v) is 3.30. The Bertz CT molecular complexity index is 204. The first-order valence-corrected chi connectivity index (χ1v) is 7.08. The van der Waals surface area contributed by atoms with Crippen molar-refractivity contribution in [1.29, 1.82) is 0 Å². The van der Waals surface area contributed by atoms with Crippen molar-refractivity contribution in [3.8, 4) is 0 Å². The molecule has 0 aromatic carbocycles. The van der Waals surface area contributed by atoms with Gasteiger partial charge in [0.2, 0.25) is 0 Å². The molecule has 0 spiro atoms. The quantitative estimate of drug-likeness (QED) is 0.685. The van der Waals surface area contributed by atoms with Gasteiger partial charge in [-0.2, -0.15) is 0 Å². The lowest BCUT2D eigenvalue weighted by Gasteiger charge is -2.58. The molecule has 0 aromatic heterocycles. The van der Waals surface area contributed by atoms with E-state index in [2.05, 4.69) is 18.7 Å². The average molecular weight is 243 g/mol. The van der Waals surface area contributed by atoms with Crippen LogP contribution in [0.2, 0.25) is 0 Å². The molecular weight excluding hydrogens is 214 g/mol. The Morgan fingerprint density at radius 3 is 1.76 bits per heavy atom. The molecule has 0 aliphatic carbocycles. The molecule has 1 saturated heterocycles. The Kier molecular flexibility index (Phi) is 5.42. The van der Waals surface area contributed by atoms with Gasteiger partial charge in [0.05, 0.1) is 18.8 Å². The van der Waals surface area contributed by atoms with Crippen LogP contribution in [-0.4, -0.2) is 47.0 Å². The molecule has 102 valence electrons. The molecule has 1 fully saturated rings. The van der Waals surface area contributed by atoms with Crippen molar-refractivity contribution in [3.05, 3.63) is 0 Å². The molecule has 2 N–H and O–H groups in total. The van der Waals surface area contributed by atoms with Gasteiger partial charge in [0.1, 0.15) is 0 Å². The van der Waals surface area contributed by atoms with E-state index in [0.29, 0.717) is 5.41 Å². The summed E-state index contributed by atoms with van der Waals surface area (Å²) in [6.07, 6.45) is 5.81. The Labute approximate surface area is 106 Å². The Balaban J connectivity index is 2.62. The molecule has 0 unspecified atom stereocenters. The summed E-state index contributed by atoms with van der Waals surface area (Å²) in [5.41, 5.74) is 0.0687. The topological polar surface area (TPSA) is 43.7 Å². The van der Waals surface area contributed by atoms with E-state index >= 15 is 0 Å². The highest BCUT2D eigenvalue weighted by Crippen LogP contribution is 2.43. The molecular formula is C14H29NO2. The Hall–Kier alpha value is -0.120. The second-order valence-electron chi connectivity index (χ2n) is 5.75. The van der Waals surface area contributed by atoms with Crippen LogP contribution in [0.15, 0.2) is 0 Å². The highest BCUT2D eigenvalue weighted by atomic mass is 16.3. The van der Waals surface area contributed by atoms with Gasteiger partial charge >= 0.3 is 0 Å². The molecule has 0 radical (unpaired) electrons. The number of hydrogen-bond acceptors (Lipinski definition) is 3. The van der Waals surface area contributed by atoms with Gasteiger partial charge in [-0.3, -0.25) is 4.90 Å². The molecule has 1 aliphatic heterocycles. The van der Waals surface area contributed by atoms with E-state index < -0.39 is 0 Å². The van der Waals surface area contributed by atoms with Crippen LogP contribution in [0.3, 0.4) is 0 Å². The molecule has 1 heterocycles. The fourth-order valence-electron chi connectivity index (χ4n) is 3.30. The number of aliphatic hydroxyl groups excluding tert-OH is 2. The first-order valence-electron chi connectivity index (χ1n) is 7.08. The summed E-state index contributed by atoms with van der Waals surface area (Å²) in [7, 11) is 0. The SMILES string of the molecule is CCCC1(CCC)CN(C(CC)(CO)CO)C1. The van der Waals surface area contributed by atoms with Gasteiger partial charge in [-0.25, -0.2) is 0 Å². The molecule has 0 saturated carbocycles. The number of hydrogen-bond donors (Lipinski definition) is 2. The monoisotopic (exact) mass is 243 g/mol. The molecule has 1 rings (SSSR count). The van der Waals surface area contributed by atoms with Crippen LogP contribution in [0, 0.1) is 5.41 Å². The van der Waals surface area contributed by atoms with E-state index in [1.54, 1.807) is 0 Å². The predicted octanol–water partition coefficient (Wildman–Crippen LogP) is 2.02. The maximum atomic E-state index is 9.54. The first kappa shape index (κ1) is 14.9. The molecule has 0 atom stereocenters. The van der Waals surface area contributed by atoms with Crippen LogP contribution in [0.4, 0.5) is 0 Å². The first-order chi connectivity index (χ1) is 8.12.